The summed E-state index contributed by atoms with van der Waals surface area (Å²) in [6, 6.07) is 5.69. The fourth-order valence-corrected chi connectivity index (χ4v) is 4.22. The van der Waals surface area contributed by atoms with Crippen LogP contribution in [0.25, 0.3) is 0 Å². The van der Waals surface area contributed by atoms with Crippen molar-refractivity contribution in [3.05, 3.63) is 28.2 Å². The summed E-state index contributed by atoms with van der Waals surface area (Å²) in [6.07, 6.45) is 0.984. The molecule has 0 amide bonds. The van der Waals surface area contributed by atoms with Gasteiger partial charge in [-0.3, -0.25) is 4.21 Å². The van der Waals surface area contributed by atoms with Crippen molar-refractivity contribution in [3.8, 4) is 0 Å². The Balaban J connectivity index is 2.07. The van der Waals surface area contributed by atoms with E-state index in [-0.39, 0.29) is 11.4 Å². The maximum absolute atomic E-state index is 12.2. The van der Waals surface area contributed by atoms with E-state index in [0.717, 1.165) is 23.1 Å². The molecular formula is C12H16BrNO2S. The van der Waals surface area contributed by atoms with Crippen LogP contribution in [0.2, 0.25) is 0 Å². The first-order chi connectivity index (χ1) is 8.06. The van der Waals surface area contributed by atoms with E-state index in [1.807, 2.05) is 25.1 Å². The van der Waals surface area contributed by atoms with E-state index in [9.17, 15) is 4.21 Å². The summed E-state index contributed by atoms with van der Waals surface area (Å²) in [4.78, 5) is 0. The van der Waals surface area contributed by atoms with Crippen LogP contribution in [-0.4, -0.2) is 22.2 Å². The van der Waals surface area contributed by atoms with Gasteiger partial charge in [0, 0.05) is 33.3 Å². The lowest BCUT2D eigenvalue weighted by Gasteiger charge is -2.14. The molecule has 1 aliphatic rings. The van der Waals surface area contributed by atoms with Gasteiger partial charge in [-0.15, -0.1) is 0 Å². The van der Waals surface area contributed by atoms with E-state index < -0.39 is 10.8 Å². The Hall–Kier alpha value is -0.390. The molecule has 5 heteroatoms. The second kappa shape index (κ2) is 5.50. The molecule has 1 saturated heterocycles. The lowest BCUT2D eigenvalue weighted by atomic mass is 10.2. The molecule has 3 nitrogen and oxygen atoms in total. The molecule has 0 aromatic heterocycles. The van der Waals surface area contributed by atoms with Gasteiger partial charge in [0.05, 0.1) is 11.4 Å². The molecule has 3 unspecified atom stereocenters. The van der Waals surface area contributed by atoms with Crippen molar-refractivity contribution >= 4 is 32.4 Å². The van der Waals surface area contributed by atoms with Gasteiger partial charge in [-0.2, -0.15) is 0 Å². The van der Waals surface area contributed by atoms with Crippen LogP contribution >= 0.6 is 15.9 Å². The third kappa shape index (κ3) is 3.30. The van der Waals surface area contributed by atoms with Gasteiger partial charge < -0.3 is 10.5 Å². The molecule has 0 aliphatic carbocycles. The van der Waals surface area contributed by atoms with Crippen molar-refractivity contribution in [3.63, 3.8) is 0 Å². The minimum Gasteiger partial charge on any atom is -0.399 e. The van der Waals surface area contributed by atoms with E-state index in [4.69, 9.17) is 10.5 Å². The third-order valence-corrected chi connectivity index (χ3v) is 5.30. The molecule has 17 heavy (non-hydrogen) atoms. The smallest absolute Gasteiger partial charge is 0.0691 e. The number of nitrogens with two attached hydrogens (primary N) is 1. The van der Waals surface area contributed by atoms with Crippen LogP contribution < -0.4 is 5.73 Å². The Morgan fingerprint density at radius 1 is 1.53 bits per heavy atom. The average Bonchev–Trinajstić information content (AvgIpc) is 2.62. The highest BCUT2D eigenvalue weighted by Crippen LogP contribution is 2.23. The standard InChI is InChI=1S/C12H16BrNO2S/c1-8-12(2-3-16-8)17(15)7-9-4-10(13)6-11(14)5-9/h4-6,8,12H,2-3,7,14H2,1H3. The summed E-state index contributed by atoms with van der Waals surface area (Å²) in [5, 5.41) is 0.148. The zero-order valence-electron chi connectivity index (χ0n) is 9.69. The molecule has 2 N–H and O–H groups in total. The van der Waals surface area contributed by atoms with Crippen molar-refractivity contribution in [2.75, 3.05) is 12.3 Å². The van der Waals surface area contributed by atoms with Crippen LogP contribution in [0.5, 0.6) is 0 Å². The largest absolute Gasteiger partial charge is 0.399 e. The number of rotatable bonds is 3. The summed E-state index contributed by atoms with van der Waals surface area (Å²) in [6.45, 7) is 2.71. The van der Waals surface area contributed by atoms with Crippen molar-refractivity contribution < 1.29 is 8.95 Å². The normalized spacial score (nSPS) is 26.0. The number of anilines is 1. The summed E-state index contributed by atoms with van der Waals surface area (Å²) >= 11 is 3.39. The van der Waals surface area contributed by atoms with Crippen LogP contribution in [0.4, 0.5) is 5.69 Å². The molecule has 0 saturated carbocycles. The molecule has 1 aliphatic heterocycles. The van der Waals surface area contributed by atoms with Crippen LogP contribution in [0.1, 0.15) is 18.9 Å². The fourth-order valence-electron chi connectivity index (χ4n) is 2.09. The number of hydrogen-bond donors (Lipinski definition) is 1. The summed E-state index contributed by atoms with van der Waals surface area (Å²) < 4.78 is 18.6. The molecule has 1 aromatic carbocycles. The van der Waals surface area contributed by atoms with Crippen molar-refractivity contribution in [2.24, 2.45) is 0 Å². The first-order valence-corrected chi connectivity index (χ1v) is 7.77. The number of halogens is 1. The van der Waals surface area contributed by atoms with Crippen molar-refractivity contribution in [1.29, 1.82) is 0 Å². The molecule has 1 aromatic rings. The van der Waals surface area contributed by atoms with Gasteiger partial charge in [-0.1, -0.05) is 15.9 Å². The van der Waals surface area contributed by atoms with Crippen LogP contribution in [0.3, 0.4) is 0 Å². The van der Waals surface area contributed by atoms with Crippen molar-refractivity contribution in [1.82, 2.24) is 0 Å². The number of hydrogen-bond acceptors (Lipinski definition) is 3. The average molecular weight is 318 g/mol. The predicted molar refractivity (Wildman–Crippen MR) is 74.2 cm³/mol. The number of ether oxygens (including phenoxy) is 1. The van der Waals surface area contributed by atoms with Gasteiger partial charge in [-0.25, -0.2) is 0 Å². The van der Waals surface area contributed by atoms with Crippen LogP contribution in [0.15, 0.2) is 22.7 Å². The topological polar surface area (TPSA) is 52.3 Å². The van der Waals surface area contributed by atoms with Gasteiger partial charge in [0.1, 0.15) is 0 Å². The highest BCUT2D eigenvalue weighted by molar-refractivity contribution is 9.10. The van der Waals surface area contributed by atoms with E-state index in [2.05, 4.69) is 15.9 Å². The van der Waals surface area contributed by atoms with Gasteiger partial charge in [0.25, 0.3) is 0 Å². The second-order valence-corrected chi connectivity index (χ2v) is 6.89. The minimum absolute atomic E-state index is 0.0975. The molecule has 94 valence electrons. The van der Waals surface area contributed by atoms with Crippen LogP contribution in [0, 0.1) is 0 Å². The minimum atomic E-state index is -0.894. The third-order valence-electron chi connectivity index (χ3n) is 2.93. The first kappa shape index (κ1) is 13.1. The summed E-state index contributed by atoms with van der Waals surface area (Å²) in [5.74, 6) is 0.544. The Kier molecular flexibility index (Phi) is 4.22. The van der Waals surface area contributed by atoms with E-state index in [1.165, 1.54) is 0 Å². The number of nitrogen functional groups attached to an aromatic ring is 1. The Labute approximate surface area is 112 Å². The quantitative estimate of drug-likeness (QED) is 0.871. The van der Waals surface area contributed by atoms with E-state index >= 15 is 0 Å². The molecule has 2 rings (SSSR count). The van der Waals surface area contributed by atoms with Crippen molar-refractivity contribution in [2.45, 2.75) is 30.5 Å². The maximum atomic E-state index is 12.2. The zero-order chi connectivity index (χ0) is 12.4. The second-order valence-electron chi connectivity index (χ2n) is 4.32. The van der Waals surface area contributed by atoms with Gasteiger partial charge in [0.2, 0.25) is 0 Å². The molecule has 1 fully saturated rings. The van der Waals surface area contributed by atoms with Gasteiger partial charge in [0.15, 0.2) is 0 Å². The SMILES string of the molecule is CC1OCCC1S(=O)Cc1cc(N)cc(Br)c1. The Bertz CT molecular complexity index is 418. The lowest BCUT2D eigenvalue weighted by molar-refractivity contribution is 0.127. The molecule has 0 spiro atoms. The monoisotopic (exact) mass is 317 g/mol. The lowest BCUT2D eigenvalue weighted by Crippen LogP contribution is -2.24. The molecule has 1 heterocycles. The van der Waals surface area contributed by atoms with Gasteiger partial charge >= 0.3 is 0 Å². The Morgan fingerprint density at radius 2 is 2.29 bits per heavy atom. The highest BCUT2D eigenvalue weighted by Gasteiger charge is 2.29. The maximum Gasteiger partial charge on any atom is 0.0691 e. The highest BCUT2D eigenvalue weighted by atomic mass is 79.9. The fraction of sp³-hybridized carbons (Fsp3) is 0.500. The van der Waals surface area contributed by atoms with E-state index in [0.29, 0.717) is 11.4 Å². The summed E-state index contributed by atoms with van der Waals surface area (Å²) in [7, 11) is -0.894. The molecule has 0 bridgehead atoms. The summed E-state index contributed by atoms with van der Waals surface area (Å²) in [5.41, 5.74) is 7.47. The molecular weight excluding hydrogens is 302 g/mol. The number of benzene rings is 1. The zero-order valence-corrected chi connectivity index (χ0v) is 12.1. The predicted octanol–water partition coefficient (Wildman–Crippen LogP) is 2.46. The first-order valence-electron chi connectivity index (χ1n) is 5.60. The Morgan fingerprint density at radius 3 is 2.88 bits per heavy atom. The van der Waals surface area contributed by atoms with Crippen LogP contribution in [-0.2, 0) is 21.3 Å². The van der Waals surface area contributed by atoms with E-state index in [1.54, 1.807) is 0 Å². The van der Waals surface area contributed by atoms with Gasteiger partial charge in [-0.05, 0) is 37.1 Å². The molecule has 3 atom stereocenters. The molecule has 0 radical (unpaired) electrons.